The first-order valence-electron chi connectivity index (χ1n) is 10.7. The zero-order valence-electron chi connectivity index (χ0n) is 18.4. The minimum absolute atomic E-state index is 0.222. The Morgan fingerprint density at radius 2 is 1.93 bits per heavy atom. The van der Waals surface area contributed by atoms with Crippen molar-refractivity contribution in [3.63, 3.8) is 0 Å². The highest BCUT2D eigenvalue weighted by Gasteiger charge is 2.79. The van der Waals surface area contributed by atoms with E-state index in [1.165, 1.54) is 4.90 Å². The molecule has 8 heteroatoms. The highest BCUT2D eigenvalue weighted by molar-refractivity contribution is 5.99. The molecule has 2 bridgehead atoms. The van der Waals surface area contributed by atoms with E-state index in [1.54, 1.807) is 7.05 Å². The van der Waals surface area contributed by atoms with E-state index in [0.29, 0.717) is 25.7 Å². The maximum atomic E-state index is 13.7. The molecule has 3 saturated heterocycles. The quantitative estimate of drug-likeness (QED) is 0.595. The summed E-state index contributed by atoms with van der Waals surface area (Å²) in [7, 11) is 1.56. The van der Waals surface area contributed by atoms with Crippen LogP contribution in [0.3, 0.4) is 0 Å². The van der Waals surface area contributed by atoms with E-state index in [1.807, 2.05) is 34.6 Å². The number of carbonyl (C=O) groups is 3. The van der Waals surface area contributed by atoms with Crippen molar-refractivity contribution < 1.29 is 24.2 Å². The Morgan fingerprint density at radius 3 is 2.41 bits per heavy atom. The number of aliphatic hydroxyl groups is 1. The van der Waals surface area contributed by atoms with Gasteiger partial charge in [0, 0.05) is 12.6 Å². The van der Waals surface area contributed by atoms with Gasteiger partial charge in [-0.15, -0.1) is 0 Å². The molecule has 8 nitrogen and oxygen atoms in total. The molecule has 2 unspecified atom stereocenters. The van der Waals surface area contributed by atoms with Crippen LogP contribution in [-0.4, -0.2) is 70.2 Å². The van der Waals surface area contributed by atoms with Gasteiger partial charge in [0.1, 0.15) is 11.6 Å². The van der Waals surface area contributed by atoms with Gasteiger partial charge in [0.25, 0.3) is 0 Å². The molecule has 0 aromatic heterocycles. The van der Waals surface area contributed by atoms with Crippen molar-refractivity contribution in [3.8, 4) is 0 Å². The van der Waals surface area contributed by atoms with Gasteiger partial charge in [0.05, 0.1) is 30.1 Å². The van der Waals surface area contributed by atoms with Crippen molar-refractivity contribution >= 4 is 17.7 Å². The number of aliphatic hydroxyl groups excluding tert-OH is 1. The third-order valence-electron chi connectivity index (χ3n) is 6.97. The number of amides is 3. The first-order chi connectivity index (χ1) is 13.5. The first-order valence-corrected chi connectivity index (χ1v) is 10.7. The molecule has 3 amide bonds. The van der Waals surface area contributed by atoms with Crippen LogP contribution in [0.1, 0.15) is 60.3 Å². The third kappa shape index (κ3) is 3.06. The molecule has 0 radical (unpaired) electrons. The molecule has 0 aliphatic carbocycles. The number of fused-ring (bicyclic) bond motifs is 1. The Bertz CT molecular complexity index is 701. The van der Waals surface area contributed by atoms with Crippen LogP contribution in [0.15, 0.2) is 0 Å². The van der Waals surface area contributed by atoms with Gasteiger partial charge in [-0.25, -0.2) is 0 Å². The van der Waals surface area contributed by atoms with E-state index in [-0.39, 0.29) is 24.3 Å². The Hall–Kier alpha value is -1.67. The van der Waals surface area contributed by atoms with Crippen LogP contribution in [-0.2, 0) is 19.1 Å². The summed E-state index contributed by atoms with van der Waals surface area (Å²) in [6.07, 6.45) is 2.29. The van der Waals surface area contributed by atoms with Gasteiger partial charge in [-0.2, -0.15) is 0 Å². The normalized spacial score (nSPS) is 36.9. The van der Waals surface area contributed by atoms with Crippen LogP contribution < -0.4 is 10.6 Å². The average Bonchev–Trinajstić information content (AvgIpc) is 3.25. The molecule has 3 heterocycles. The fourth-order valence-electron chi connectivity index (χ4n) is 5.75. The molecule has 164 valence electrons. The lowest BCUT2D eigenvalue weighted by atomic mass is 9.65. The lowest BCUT2D eigenvalue weighted by Crippen LogP contribution is -2.60. The largest absolute Gasteiger partial charge is 0.394 e. The summed E-state index contributed by atoms with van der Waals surface area (Å²) in [4.78, 5) is 41.5. The van der Waals surface area contributed by atoms with Crippen LogP contribution >= 0.6 is 0 Å². The van der Waals surface area contributed by atoms with Gasteiger partial charge in [0.15, 0.2) is 0 Å². The zero-order valence-corrected chi connectivity index (χ0v) is 18.4. The molecule has 0 saturated carbocycles. The second-order valence-electron chi connectivity index (χ2n) is 9.68. The van der Waals surface area contributed by atoms with Gasteiger partial charge in [-0.1, -0.05) is 13.8 Å². The van der Waals surface area contributed by atoms with E-state index in [0.717, 1.165) is 0 Å². The lowest BCUT2D eigenvalue weighted by Gasteiger charge is -2.38. The number of likely N-dealkylation sites (tertiary alicyclic amines) is 1. The third-order valence-corrected chi connectivity index (χ3v) is 6.97. The fraction of sp³-hybridized carbons (Fsp3) is 0.857. The van der Waals surface area contributed by atoms with Gasteiger partial charge in [0.2, 0.25) is 17.7 Å². The van der Waals surface area contributed by atoms with Crippen LogP contribution in [0.25, 0.3) is 0 Å². The molecule has 1 spiro atoms. The predicted octanol–water partition coefficient (Wildman–Crippen LogP) is 0.573. The average molecular weight is 410 g/mol. The molecule has 3 aliphatic rings. The fourth-order valence-corrected chi connectivity index (χ4v) is 5.75. The van der Waals surface area contributed by atoms with Crippen molar-refractivity contribution in [3.05, 3.63) is 0 Å². The molecule has 3 rings (SSSR count). The Labute approximate surface area is 172 Å². The standard InChI is InChI=1S/C21H35N3O5/c1-7-12(11-25)24-15(17(27)23-19(3,4)5)21-10-9-20(8-2,29-21)13(16(26)22-6)14(21)18(24)28/h12-15,25H,7-11H2,1-6H3,(H,22,26)(H,23,27)/t12-,13+,14-,15?,20-,21?/m0/s1. The molecule has 3 fully saturated rings. The summed E-state index contributed by atoms with van der Waals surface area (Å²) in [5.74, 6) is -2.12. The number of nitrogens with zero attached hydrogens (tertiary/aromatic N) is 1. The van der Waals surface area contributed by atoms with Crippen molar-refractivity contribution in [1.82, 2.24) is 15.5 Å². The second-order valence-corrected chi connectivity index (χ2v) is 9.68. The van der Waals surface area contributed by atoms with E-state index in [2.05, 4.69) is 10.6 Å². The Balaban J connectivity index is 2.13. The summed E-state index contributed by atoms with van der Waals surface area (Å²) < 4.78 is 6.58. The van der Waals surface area contributed by atoms with Crippen molar-refractivity contribution in [2.24, 2.45) is 11.8 Å². The zero-order chi connectivity index (χ0) is 21.8. The van der Waals surface area contributed by atoms with Crippen LogP contribution in [0.4, 0.5) is 0 Å². The molecule has 0 aromatic rings. The minimum atomic E-state index is -1.04. The first kappa shape index (κ1) is 22.0. The van der Waals surface area contributed by atoms with Gasteiger partial charge in [-0.3, -0.25) is 14.4 Å². The summed E-state index contributed by atoms with van der Waals surface area (Å²) in [5, 5.41) is 15.6. The van der Waals surface area contributed by atoms with Gasteiger partial charge >= 0.3 is 0 Å². The monoisotopic (exact) mass is 409 g/mol. The number of rotatable bonds is 6. The summed E-state index contributed by atoms with van der Waals surface area (Å²) in [5.41, 5.74) is -2.25. The highest BCUT2D eigenvalue weighted by atomic mass is 16.5. The molecule has 0 aromatic carbocycles. The smallest absolute Gasteiger partial charge is 0.246 e. The minimum Gasteiger partial charge on any atom is -0.394 e. The SMILES string of the molecule is CC[C@@H](CO)N1C(=O)[C@@H]2[C@H](C(=O)NC)[C@]3(CC)CCC2(O3)C1C(=O)NC(C)(C)C. The lowest BCUT2D eigenvalue weighted by molar-refractivity contribution is -0.151. The predicted molar refractivity (Wildman–Crippen MR) is 107 cm³/mol. The van der Waals surface area contributed by atoms with E-state index in [9.17, 15) is 19.5 Å². The maximum absolute atomic E-state index is 13.7. The van der Waals surface area contributed by atoms with E-state index >= 15 is 0 Å². The summed E-state index contributed by atoms with van der Waals surface area (Å²) in [6, 6.07) is -1.36. The summed E-state index contributed by atoms with van der Waals surface area (Å²) in [6.45, 7) is 9.26. The van der Waals surface area contributed by atoms with Crippen molar-refractivity contribution in [1.29, 1.82) is 0 Å². The van der Waals surface area contributed by atoms with Crippen LogP contribution in [0.2, 0.25) is 0 Å². The number of hydrogen-bond acceptors (Lipinski definition) is 5. The Kier molecular flexibility index (Phi) is 5.49. The number of carbonyl (C=O) groups excluding carboxylic acids is 3. The van der Waals surface area contributed by atoms with E-state index < -0.39 is 40.7 Å². The van der Waals surface area contributed by atoms with Crippen molar-refractivity contribution in [2.45, 2.75) is 89.1 Å². The molecular weight excluding hydrogens is 374 g/mol. The van der Waals surface area contributed by atoms with E-state index in [4.69, 9.17) is 4.74 Å². The van der Waals surface area contributed by atoms with Crippen LogP contribution in [0.5, 0.6) is 0 Å². The second kappa shape index (κ2) is 7.23. The van der Waals surface area contributed by atoms with Crippen LogP contribution in [0, 0.1) is 11.8 Å². The molecule has 3 aliphatic heterocycles. The number of nitrogens with one attached hydrogen (secondary N) is 2. The van der Waals surface area contributed by atoms with Crippen molar-refractivity contribution in [2.75, 3.05) is 13.7 Å². The molecule has 6 atom stereocenters. The summed E-state index contributed by atoms with van der Waals surface area (Å²) >= 11 is 0. The van der Waals surface area contributed by atoms with Gasteiger partial charge in [-0.05, 0) is 46.5 Å². The maximum Gasteiger partial charge on any atom is 0.246 e. The number of ether oxygens (including phenoxy) is 1. The Morgan fingerprint density at radius 1 is 1.28 bits per heavy atom. The molecule has 29 heavy (non-hydrogen) atoms. The molecule has 3 N–H and O–H groups in total. The molecular formula is C21H35N3O5. The number of hydrogen-bond donors (Lipinski definition) is 3. The topological polar surface area (TPSA) is 108 Å². The van der Waals surface area contributed by atoms with Gasteiger partial charge < -0.3 is 25.4 Å². The highest BCUT2D eigenvalue weighted by Crippen LogP contribution is 2.64.